The third-order valence-corrected chi connectivity index (χ3v) is 4.69. The lowest BCUT2D eigenvalue weighted by Crippen LogP contribution is -2.37. The molecule has 0 bridgehead atoms. The molecule has 116 valence electrons. The number of aromatic nitrogens is 1. The first-order valence-electron chi connectivity index (χ1n) is 7.31. The first kappa shape index (κ1) is 15.0. The lowest BCUT2D eigenvalue weighted by atomic mass is 10.1. The number of hydrogen-bond acceptors (Lipinski definition) is 5. The molecule has 2 heterocycles. The molecule has 1 aliphatic heterocycles. The van der Waals surface area contributed by atoms with Crippen molar-refractivity contribution in [1.29, 1.82) is 0 Å². The van der Waals surface area contributed by atoms with Crippen molar-refractivity contribution in [3.05, 3.63) is 47.1 Å². The normalized spacial score (nSPS) is 15.9. The van der Waals surface area contributed by atoms with Crippen molar-refractivity contribution < 1.29 is 14.6 Å². The number of nitrogens with zero attached hydrogens (tertiary/aromatic N) is 2. The number of carboxylic acid groups (broad SMARTS) is 1. The Morgan fingerprint density at radius 2 is 2.05 bits per heavy atom. The molecule has 0 radical (unpaired) electrons. The summed E-state index contributed by atoms with van der Waals surface area (Å²) in [6.07, 6.45) is 2.05. The number of carboxylic acids is 1. The van der Waals surface area contributed by atoms with Crippen LogP contribution in [0.15, 0.2) is 35.8 Å². The Hall–Kier alpha value is -1.92. The minimum absolute atomic E-state index is 0.161. The molecule has 1 aromatic carbocycles. The maximum Gasteiger partial charge on any atom is 0.357 e. The Labute approximate surface area is 133 Å². The van der Waals surface area contributed by atoms with E-state index in [-0.39, 0.29) is 11.8 Å². The number of ether oxygens (including phenoxy) is 1. The number of aromatic carboxylic acids is 1. The van der Waals surface area contributed by atoms with Crippen LogP contribution in [0, 0.1) is 0 Å². The number of hydrogen-bond donors (Lipinski definition) is 1. The molecule has 5 nitrogen and oxygen atoms in total. The minimum atomic E-state index is -0.960. The summed E-state index contributed by atoms with van der Waals surface area (Å²) in [6.45, 7) is 2.25. The van der Waals surface area contributed by atoms with Crippen molar-refractivity contribution in [2.45, 2.75) is 25.6 Å². The smallest absolute Gasteiger partial charge is 0.357 e. The maximum absolute atomic E-state index is 11.1. The van der Waals surface area contributed by atoms with Crippen LogP contribution in [0.3, 0.4) is 0 Å². The summed E-state index contributed by atoms with van der Waals surface area (Å²) in [5.41, 5.74) is 2.94. The maximum atomic E-state index is 11.1. The summed E-state index contributed by atoms with van der Waals surface area (Å²) in [6, 6.07) is 10.1. The molecule has 1 N–H and O–H groups in total. The van der Waals surface area contributed by atoms with Gasteiger partial charge in [0.05, 0.1) is 18.2 Å². The van der Waals surface area contributed by atoms with Gasteiger partial charge in [-0.2, -0.15) is 0 Å². The average Bonchev–Trinajstić information content (AvgIpc) is 3.04. The van der Waals surface area contributed by atoms with Gasteiger partial charge in [-0.05, 0) is 18.4 Å². The van der Waals surface area contributed by atoms with Gasteiger partial charge >= 0.3 is 5.97 Å². The zero-order valence-electron chi connectivity index (χ0n) is 12.1. The molecule has 1 aromatic heterocycles. The van der Waals surface area contributed by atoms with Crippen LogP contribution in [0.4, 0.5) is 5.00 Å². The van der Waals surface area contributed by atoms with Crippen LogP contribution in [0.25, 0.3) is 0 Å². The molecule has 0 spiro atoms. The van der Waals surface area contributed by atoms with Crippen LogP contribution < -0.4 is 4.90 Å². The summed E-state index contributed by atoms with van der Waals surface area (Å²) >= 11 is 1.39. The van der Waals surface area contributed by atoms with Crippen molar-refractivity contribution in [2.75, 3.05) is 18.0 Å². The molecule has 0 atom stereocenters. The zero-order valence-corrected chi connectivity index (χ0v) is 13.0. The van der Waals surface area contributed by atoms with Gasteiger partial charge in [-0.1, -0.05) is 30.3 Å². The average molecular weight is 318 g/mol. The number of piperidine rings is 1. The van der Waals surface area contributed by atoms with Crippen LogP contribution in [-0.4, -0.2) is 35.3 Å². The molecular weight excluding hydrogens is 300 g/mol. The molecule has 1 saturated heterocycles. The van der Waals surface area contributed by atoms with E-state index in [0.717, 1.165) is 30.9 Å². The predicted molar refractivity (Wildman–Crippen MR) is 85.5 cm³/mol. The van der Waals surface area contributed by atoms with Crippen LogP contribution in [-0.2, 0) is 11.3 Å². The Morgan fingerprint density at radius 1 is 1.32 bits per heavy atom. The van der Waals surface area contributed by atoms with Crippen LogP contribution in [0.5, 0.6) is 0 Å². The fraction of sp³-hybridized carbons (Fsp3) is 0.375. The van der Waals surface area contributed by atoms with Gasteiger partial charge in [0, 0.05) is 13.1 Å². The minimum Gasteiger partial charge on any atom is -0.476 e. The molecule has 1 aliphatic rings. The van der Waals surface area contributed by atoms with E-state index in [4.69, 9.17) is 9.84 Å². The Bertz CT molecular complexity index is 621. The Balaban J connectivity index is 1.52. The highest BCUT2D eigenvalue weighted by molar-refractivity contribution is 7.14. The number of rotatable bonds is 5. The highest BCUT2D eigenvalue weighted by Gasteiger charge is 2.25. The second-order valence-corrected chi connectivity index (χ2v) is 6.13. The van der Waals surface area contributed by atoms with Crippen molar-refractivity contribution in [3.63, 3.8) is 0 Å². The van der Waals surface area contributed by atoms with E-state index in [1.54, 1.807) is 5.51 Å². The van der Waals surface area contributed by atoms with Gasteiger partial charge in [0.1, 0.15) is 5.00 Å². The number of thiazole rings is 1. The summed E-state index contributed by atoms with van der Waals surface area (Å²) < 4.78 is 5.96. The molecular formula is C16H18N2O3S. The summed E-state index contributed by atoms with van der Waals surface area (Å²) in [5, 5.41) is 9.90. The molecule has 3 rings (SSSR count). The van der Waals surface area contributed by atoms with Crippen molar-refractivity contribution in [1.82, 2.24) is 4.98 Å². The van der Waals surface area contributed by atoms with Gasteiger partial charge in [0.15, 0.2) is 5.69 Å². The molecule has 0 amide bonds. The highest BCUT2D eigenvalue weighted by Crippen LogP contribution is 2.29. The standard InChI is InChI=1S/C16H18N2O3S/c19-16(20)14-15(22-11-17-14)18-8-6-13(7-9-18)21-10-12-4-2-1-3-5-12/h1-5,11,13H,6-10H2,(H,19,20). The molecule has 22 heavy (non-hydrogen) atoms. The second-order valence-electron chi connectivity index (χ2n) is 5.29. The van der Waals surface area contributed by atoms with Crippen LogP contribution >= 0.6 is 11.3 Å². The largest absolute Gasteiger partial charge is 0.476 e. The third-order valence-electron chi connectivity index (χ3n) is 3.81. The van der Waals surface area contributed by atoms with E-state index in [9.17, 15) is 4.79 Å². The lowest BCUT2D eigenvalue weighted by molar-refractivity contribution is 0.0252. The van der Waals surface area contributed by atoms with E-state index < -0.39 is 5.97 Å². The monoisotopic (exact) mass is 318 g/mol. The van der Waals surface area contributed by atoms with Gasteiger partial charge < -0.3 is 14.7 Å². The number of benzene rings is 1. The molecule has 0 aliphatic carbocycles. The van der Waals surface area contributed by atoms with Gasteiger partial charge in [0.25, 0.3) is 0 Å². The van der Waals surface area contributed by atoms with E-state index in [1.165, 1.54) is 16.9 Å². The van der Waals surface area contributed by atoms with E-state index >= 15 is 0 Å². The summed E-state index contributed by atoms with van der Waals surface area (Å²) in [4.78, 5) is 17.2. The SMILES string of the molecule is O=C(O)c1ncsc1N1CCC(OCc2ccccc2)CC1. The lowest BCUT2D eigenvalue weighted by Gasteiger charge is -2.32. The first-order chi connectivity index (χ1) is 10.7. The fourth-order valence-electron chi connectivity index (χ4n) is 2.62. The Morgan fingerprint density at radius 3 is 2.73 bits per heavy atom. The summed E-state index contributed by atoms with van der Waals surface area (Å²) in [5.74, 6) is -0.960. The molecule has 6 heteroatoms. The van der Waals surface area contributed by atoms with Crippen molar-refractivity contribution in [3.8, 4) is 0 Å². The molecule has 2 aromatic rings. The van der Waals surface area contributed by atoms with Gasteiger partial charge in [-0.3, -0.25) is 0 Å². The second kappa shape index (κ2) is 6.89. The molecule has 0 unspecified atom stereocenters. The fourth-order valence-corrected chi connectivity index (χ4v) is 3.47. The highest BCUT2D eigenvalue weighted by atomic mass is 32.1. The topological polar surface area (TPSA) is 62.7 Å². The number of carbonyl (C=O) groups is 1. The van der Waals surface area contributed by atoms with Crippen LogP contribution in [0.1, 0.15) is 28.9 Å². The van der Waals surface area contributed by atoms with Gasteiger partial charge in [0.2, 0.25) is 0 Å². The van der Waals surface area contributed by atoms with E-state index in [1.807, 2.05) is 18.2 Å². The number of anilines is 1. The Kier molecular flexibility index (Phi) is 4.70. The van der Waals surface area contributed by atoms with Crippen LogP contribution in [0.2, 0.25) is 0 Å². The van der Waals surface area contributed by atoms with Crippen molar-refractivity contribution in [2.24, 2.45) is 0 Å². The third kappa shape index (κ3) is 3.45. The van der Waals surface area contributed by atoms with Crippen molar-refractivity contribution >= 4 is 22.3 Å². The van der Waals surface area contributed by atoms with Gasteiger partial charge in [-0.25, -0.2) is 9.78 Å². The van der Waals surface area contributed by atoms with E-state index in [2.05, 4.69) is 22.0 Å². The molecule has 0 saturated carbocycles. The molecule has 1 fully saturated rings. The van der Waals surface area contributed by atoms with Gasteiger partial charge in [-0.15, -0.1) is 11.3 Å². The first-order valence-corrected chi connectivity index (χ1v) is 8.19. The predicted octanol–water partition coefficient (Wildman–Crippen LogP) is 3.03. The quantitative estimate of drug-likeness (QED) is 0.918. The van der Waals surface area contributed by atoms with E-state index in [0.29, 0.717) is 6.61 Å². The zero-order chi connectivity index (χ0) is 15.4. The summed E-state index contributed by atoms with van der Waals surface area (Å²) in [7, 11) is 0.